The van der Waals surface area contributed by atoms with Crippen molar-refractivity contribution >= 4 is 13.9 Å². The lowest BCUT2D eigenvalue weighted by Gasteiger charge is -2.36. The Hall–Kier alpha value is -2.93. The molecule has 4 aromatic carbocycles. The van der Waals surface area contributed by atoms with Gasteiger partial charge in [0.15, 0.2) is 0 Å². The molecule has 0 aliphatic rings. The second-order valence-corrected chi connectivity index (χ2v) is 13.0. The molecule has 2 nitrogen and oxygen atoms in total. The van der Waals surface area contributed by atoms with Crippen molar-refractivity contribution in [2.75, 3.05) is 0 Å². The monoisotopic (exact) mass is 523 g/mol. The van der Waals surface area contributed by atoms with Crippen molar-refractivity contribution in [2.24, 2.45) is 0 Å². The van der Waals surface area contributed by atoms with Crippen molar-refractivity contribution in [3.8, 4) is 28.0 Å². The molecule has 0 aliphatic heterocycles. The second-order valence-electron chi connectivity index (χ2n) is 11.2. The van der Waals surface area contributed by atoms with Crippen LogP contribution in [0.3, 0.4) is 0 Å². The van der Waals surface area contributed by atoms with Gasteiger partial charge in [0.1, 0.15) is 5.75 Å². The third-order valence-corrected chi connectivity index (χ3v) is 9.41. The van der Waals surface area contributed by atoms with E-state index in [1.807, 2.05) is 18.2 Å². The van der Waals surface area contributed by atoms with E-state index in [2.05, 4.69) is 119 Å². The highest BCUT2D eigenvalue weighted by molar-refractivity contribution is 7.48. The molecule has 3 heteroatoms. The minimum atomic E-state index is -0.162. The zero-order valence-electron chi connectivity index (χ0n) is 23.5. The number of nitrogens with one attached hydrogen (secondary N) is 1. The van der Waals surface area contributed by atoms with Crippen LogP contribution in [0.1, 0.15) is 65.0 Å². The molecule has 0 saturated heterocycles. The molecule has 0 aliphatic carbocycles. The van der Waals surface area contributed by atoms with Gasteiger partial charge < -0.3 is 10.4 Å². The van der Waals surface area contributed by atoms with E-state index in [1.165, 1.54) is 16.4 Å². The van der Waals surface area contributed by atoms with E-state index in [4.69, 9.17) is 0 Å². The second kappa shape index (κ2) is 12.3. The van der Waals surface area contributed by atoms with Crippen LogP contribution < -0.4 is 10.6 Å². The van der Waals surface area contributed by atoms with Crippen LogP contribution in [0, 0.1) is 0 Å². The third kappa shape index (κ3) is 6.55. The summed E-state index contributed by atoms with van der Waals surface area (Å²) in [7, 11) is 0.547. The van der Waals surface area contributed by atoms with Crippen LogP contribution >= 0.6 is 8.58 Å². The number of phenolic OH excluding ortho intramolecular Hbond substituents is 1. The molecule has 0 amide bonds. The Bertz CT molecular complexity index is 1330. The van der Waals surface area contributed by atoms with Crippen LogP contribution in [0.4, 0.5) is 0 Å². The Labute approximate surface area is 231 Å². The Morgan fingerprint density at radius 1 is 0.737 bits per heavy atom. The normalized spacial score (nSPS) is 13.6. The molecule has 4 rings (SSSR count). The Morgan fingerprint density at radius 3 is 1.95 bits per heavy atom. The minimum absolute atomic E-state index is 0.0500. The van der Waals surface area contributed by atoms with Crippen LogP contribution in [-0.4, -0.2) is 10.6 Å². The highest BCUT2D eigenvalue weighted by atomic mass is 31.1. The van der Waals surface area contributed by atoms with E-state index in [9.17, 15) is 5.11 Å². The number of rotatable bonds is 10. The number of aromatic hydroxyl groups is 1. The molecule has 2 atom stereocenters. The molecule has 2 unspecified atom stereocenters. The van der Waals surface area contributed by atoms with Crippen LogP contribution in [0.15, 0.2) is 97.1 Å². The summed E-state index contributed by atoms with van der Waals surface area (Å²) in [6, 6.07) is 34.1. The van der Waals surface area contributed by atoms with E-state index in [0.717, 1.165) is 48.1 Å². The van der Waals surface area contributed by atoms with Crippen molar-refractivity contribution in [2.45, 2.75) is 71.1 Å². The summed E-state index contributed by atoms with van der Waals surface area (Å²) in [5, 5.41) is 16.9. The Kier molecular flexibility index (Phi) is 9.08. The lowest BCUT2D eigenvalue weighted by Crippen LogP contribution is -2.36. The zero-order chi connectivity index (χ0) is 27.2. The topological polar surface area (TPSA) is 32.3 Å². The van der Waals surface area contributed by atoms with Crippen molar-refractivity contribution in [1.29, 1.82) is 0 Å². The SMILES string of the molecule is CCCC(CC)(Pc1ccccc1CNC(C)(C)C)c1cc(-c2ccccc2)cc(-c2ccccc2)c1O. The molecule has 0 radical (unpaired) electrons. The van der Waals surface area contributed by atoms with E-state index in [-0.39, 0.29) is 10.7 Å². The van der Waals surface area contributed by atoms with Crippen molar-refractivity contribution < 1.29 is 5.11 Å². The van der Waals surface area contributed by atoms with Crippen LogP contribution in [0.2, 0.25) is 0 Å². The predicted octanol–water partition coefficient (Wildman–Crippen LogP) is 9.02. The lowest BCUT2D eigenvalue weighted by molar-refractivity contribution is 0.425. The van der Waals surface area contributed by atoms with E-state index in [0.29, 0.717) is 14.3 Å². The quantitative estimate of drug-likeness (QED) is 0.203. The highest BCUT2D eigenvalue weighted by Crippen LogP contribution is 2.53. The molecular weight excluding hydrogens is 481 g/mol. The Morgan fingerprint density at radius 2 is 1.34 bits per heavy atom. The first-order valence-corrected chi connectivity index (χ1v) is 14.9. The summed E-state index contributed by atoms with van der Waals surface area (Å²) in [5.74, 6) is 0.420. The van der Waals surface area contributed by atoms with Gasteiger partial charge in [0.05, 0.1) is 0 Å². The first-order chi connectivity index (χ1) is 18.3. The molecule has 2 N–H and O–H groups in total. The standard InChI is InChI=1S/C35H42NOP/c1-6-22-35(7-2,38-32-21-15-14-20-28(32)25-36-34(3,4)5)31-24-29(26-16-10-8-11-17-26)23-30(33(31)37)27-18-12-9-13-19-27/h8-21,23-24,36-38H,6-7,22,25H2,1-5H3. The van der Waals surface area contributed by atoms with Gasteiger partial charge in [0.2, 0.25) is 0 Å². The predicted molar refractivity (Wildman–Crippen MR) is 167 cm³/mol. The van der Waals surface area contributed by atoms with Gasteiger partial charge in [-0.15, -0.1) is 0 Å². The summed E-state index contributed by atoms with van der Waals surface area (Å²) in [4.78, 5) is 0. The Balaban J connectivity index is 1.89. The van der Waals surface area contributed by atoms with Gasteiger partial charge in [0.25, 0.3) is 0 Å². The maximum Gasteiger partial charge on any atom is 0.127 e. The summed E-state index contributed by atoms with van der Waals surface area (Å²) in [6.07, 6.45) is 3.03. The fourth-order valence-electron chi connectivity index (χ4n) is 5.20. The molecule has 0 bridgehead atoms. The van der Waals surface area contributed by atoms with Crippen LogP contribution in [0.25, 0.3) is 22.3 Å². The number of phenols is 1. The maximum absolute atomic E-state index is 12.0. The lowest BCUT2D eigenvalue weighted by atomic mass is 9.85. The van der Waals surface area contributed by atoms with Gasteiger partial charge in [-0.25, -0.2) is 0 Å². The molecule has 0 saturated carbocycles. The number of hydrogen-bond acceptors (Lipinski definition) is 2. The van der Waals surface area contributed by atoms with Crippen LogP contribution in [-0.2, 0) is 11.7 Å². The number of hydrogen-bond donors (Lipinski definition) is 2. The fraction of sp³-hybridized carbons (Fsp3) is 0.314. The molecule has 0 aromatic heterocycles. The van der Waals surface area contributed by atoms with Gasteiger partial charge in [0, 0.05) is 28.4 Å². The van der Waals surface area contributed by atoms with E-state index >= 15 is 0 Å². The minimum Gasteiger partial charge on any atom is -0.507 e. The van der Waals surface area contributed by atoms with Gasteiger partial charge in [-0.1, -0.05) is 114 Å². The first-order valence-electron chi connectivity index (χ1n) is 13.9. The largest absolute Gasteiger partial charge is 0.507 e. The summed E-state index contributed by atoms with van der Waals surface area (Å²) < 4.78 is 0. The van der Waals surface area contributed by atoms with Crippen molar-refractivity contribution in [3.05, 3.63) is 108 Å². The van der Waals surface area contributed by atoms with Gasteiger partial charge >= 0.3 is 0 Å². The molecule has 38 heavy (non-hydrogen) atoms. The van der Waals surface area contributed by atoms with Gasteiger partial charge in [-0.2, -0.15) is 0 Å². The molecule has 0 fully saturated rings. The van der Waals surface area contributed by atoms with E-state index in [1.54, 1.807) is 0 Å². The van der Waals surface area contributed by atoms with Crippen molar-refractivity contribution in [3.63, 3.8) is 0 Å². The van der Waals surface area contributed by atoms with E-state index < -0.39 is 0 Å². The third-order valence-electron chi connectivity index (χ3n) is 7.30. The molecule has 0 spiro atoms. The zero-order valence-corrected chi connectivity index (χ0v) is 24.5. The molecule has 198 valence electrons. The number of benzene rings is 4. The summed E-state index contributed by atoms with van der Waals surface area (Å²) in [6.45, 7) is 12.0. The smallest absolute Gasteiger partial charge is 0.127 e. The molecule has 4 aromatic rings. The molecular formula is C35H42NOP. The van der Waals surface area contributed by atoms with Gasteiger partial charge in [-0.3, -0.25) is 0 Å². The average Bonchev–Trinajstić information content (AvgIpc) is 2.93. The first kappa shape index (κ1) is 28.1. The highest BCUT2D eigenvalue weighted by Gasteiger charge is 2.35. The van der Waals surface area contributed by atoms with Crippen molar-refractivity contribution in [1.82, 2.24) is 5.32 Å². The fourth-order valence-corrected chi connectivity index (χ4v) is 7.10. The van der Waals surface area contributed by atoms with Gasteiger partial charge in [-0.05, 0) is 73.3 Å². The summed E-state index contributed by atoms with van der Waals surface area (Å²) >= 11 is 0. The average molecular weight is 524 g/mol. The van der Waals surface area contributed by atoms with Crippen LogP contribution in [0.5, 0.6) is 5.75 Å². The molecule has 0 heterocycles. The maximum atomic E-state index is 12.0. The summed E-state index contributed by atoms with van der Waals surface area (Å²) in [5.41, 5.74) is 6.74.